The number of hydrogen-bond donors (Lipinski definition) is 2. The van der Waals surface area contributed by atoms with Gasteiger partial charge in [-0.2, -0.15) is 0 Å². The van der Waals surface area contributed by atoms with Crippen molar-refractivity contribution in [1.82, 2.24) is 10.2 Å². The number of likely N-dealkylation sites (tertiary alicyclic amines) is 1. The van der Waals surface area contributed by atoms with Crippen LogP contribution < -0.4 is 11.1 Å². The van der Waals surface area contributed by atoms with E-state index in [0.29, 0.717) is 18.7 Å². The monoisotopic (exact) mass is 339 g/mol. The summed E-state index contributed by atoms with van der Waals surface area (Å²) < 4.78 is 26.2. The van der Waals surface area contributed by atoms with Crippen molar-refractivity contribution in [2.45, 2.75) is 38.1 Å². The summed E-state index contributed by atoms with van der Waals surface area (Å²) in [5.41, 5.74) is 5.78. The van der Waals surface area contributed by atoms with Crippen LogP contribution in [0.25, 0.3) is 0 Å². The van der Waals surface area contributed by atoms with Crippen molar-refractivity contribution in [3.05, 3.63) is 35.4 Å². The van der Waals surface area contributed by atoms with Gasteiger partial charge in [0.15, 0.2) is 11.6 Å². The maximum Gasteiger partial charge on any atom is 0.227 e. The van der Waals surface area contributed by atoms with E-state index in [9.17, 15) is 18.4 Å². The first-order chi connectivity index (χ1) is 11.5. The predicted molar refractivity (Wildman–Crippen MR) is 86.1 cm³/mol. The first kappa shape index (κ1) is 18.3. The van der Waals surface area contributed by atoms with Crippen molar-refractivity contribution < 1.29 is 18.4 Å². The Bertz CT molecular complexity index is 595. The molecular weight excluding hydrogens is 316 g/mol. The molecule has 5 nitrogen and oxygen atoms in total. The highest BCUT2D eigenvalue weighted by Crippen LogP contribution is 2.18. The third-order valence-electron chi connectivity index (χ3n) is 4.19. The molecule has 2 rings (SSSR count). The lowest BCUT2D eigenvalue weighted by molar-refractivity contribution is -0.134. The van der Waals surface area contributed by atoms with E-state index in [1.54, 1.807) is 4.90 Å². The summed E-state index contributed by atoms with van der Waals surface area (Å²) in [4.78, 5) is 25.8. The highest BCUT2D eigenvalue weighted by atomic mass is 19.2. The molecule has 0 radical (unpaired) electrons. The molecule has 1 saturated heterocycles. The first-order valence-corrected chi connectivity index (χ1v) is 8.21. The van der Waals surface area contributed by atoms with Gasteiger partial charge in [0.1, 0.15) is 0 Å². The maximum atomic E-state index is 13.3. The quantitative estimate of drug-likeness (QED) is 0.822. The predicted octanol–water partition coefficient (Wildman–Crippen LogP) is 1.35. The summed E-state index contributed by atoms with van der Waals surface area (Å²) >= 11 is 0. The highest BCUT2D eigenvalue weighted by molar-refractivity contribution is 5.79. The zero-order valence-electron chi connectivity index (χ0n) is 13.6. The maximum absolute atomic E-state index is 13.3. The number of piperidine rings is 1. The molecule has 3 N–H and O–H groups in total. The summed E-state index contributed by atoms with van der Waals surface area (Å²) in [6, 6.07) is 3.42. The molecule has 1 atom stereocenters. The number of halogens is 2. The molecular formula is C17H23F2N3O2. The molecule has 1 aliphatic heterocycles. The number of benzene rings is 1. The van der Waals surface area contributed by atoms with Crippen LogP contribution in [-0.2, 0) is 16.0 Å². The number of nitrogens with two attached hydrogens (primary N) is 1. The number of nitrogens with one attached hydrogen (secondary N) is 1. The number of carbonyl (C=O) groups is 2. The molecule has 1 heterocycles. The van der Waals surface area contributed by atoms with Gasteiger partial charge in [0.25, 0.3) is 0 Å². The van der Waals surface area contributed by atoms with Gasteiger partial charge in [-0.3, -0.25) is 9.59 Å². The molecule has 1 fully saturated rings. The van der Waals surface area contributed by atoms with E-state index in [2.05, 4.69) is 5.32 Å². The van der Waals surface area contributed by atoms with E-state index in [0.717, 1.165) is 31.4 Å². The van der Waals surface area contributed by atoms with Crippen LogP contribution in [0.1, 0.15) is 31.2 Å². The Hall–Kier alpha value is -2.02. The average Bonchev–Trinajstić information content (AvgIpc) is 2.57. The Morgan fingerprint density at radius 2 is 2.04 bits per heavy atom. The van der Waals surface area contributed by atoms with Gasteiger partial charge in [0.2, 0.25) is 11.8 Å². The summed E-state index contributed by atoms with van der Waals surface area (Å²) in [6.07, 6.45) is 2.98. The van der Waals surface area contributed by atoms with E-state index in [4.69, 9.17) is 5.73 Å². The first-order valence-electron chi connectivity index (χ1n) is 8.21. The summed E-state index contributed by atoms with van der Waals surface area (Å²) in [5, 5.41) is 2.80. The fourth-order valence-electron chi connectivity index (χ4n) is 2.92. The van der Waals surface area contributed by atoms with Crippen molar-refractivity contribution >= 4 is 11.8 Å². The van der Waals surface area contributed by atoms with Crippen LogP contribution in [0.3, 0.4) is 0 Å². The number of rotatable bonds is 6. The van der Waals surface area contributed by atoms with Gasteiger partial charge < -0.3 is 16.0 Å². The average molecular weight is 339 g/mol. The van der Waals surface area contributed by atoms with Gasteiger partial charge in [-0.05, 0) is 37.0 Å². The zero-order chi connectivity index (χ0) is 17.5. The fraction of sp³-hybridized carbons (Fsp3) is 0.529. The Morgan fingerprint density at radius 3 is 2.75 bits per heavy atom. The van der Waals surface area contributed by atoms with E-state index < -0.39 is 11.6 Å². The second-order valence-corrected chi connectivity index (χ2v) is 6.00. The molecule has 0 spiro atoms. The van der Waals surface area contributed by atoms with Crippen LogP contribution in [0.4, 0.5) is 8.78 Å². The fourth-order valence-corrected chi connectivity index (χ4v) is 2.92. The van der Waals surface area contributed by atoms with Crippen LogP contribution in [0.5, 0.6) is 0 Å². The molecule has 132 valence electrons. The second-order valence-electron chi connectivity index (χ2n) is 6.00. The van der Waals surface area contributed by atoms with Crippen molar-refractivity contribution in [3.8, 4) is 0 Å². The van der Waals surface area contributed by atoms with Crippen molar-refractivity contribution in [1.29, 1.82) is 0 Å². The standard InChI is InChI=1S/C17H23F2N3O2/c18-14-5-4-12(9-15(14)19)10-17(24)22-8-2-1-3-13(22)11-21-16(23)6-7-20/h4-5,9,13H,1-3,6-8,10-11,20H2,(H,21,23). The molecule has 24 heavy (non-hydrogen) atoms. The smallest absolute Gasteiger partial charge is 0.227 e. The SMILES string of the molecule is NCCC(=O)NCC1CCCCN1C(=O)Cc1ccc(F)c(F)c1. The van der Waals surface area contributed by atoms with E-state index in [-0.39, 0.29) is 37.2 Å². The van der Waals surface area contributed by atoms with Crippen LogP contribution in [0.2, 0.25) is 0 Å². The van der Waals surface area contributed by atoms with Gasteiger partial charge in [-0.25, -0.2) is 8.78 Å². The summed E-state index contributed by atoms with van der Waals surface area (Å²) in [6.45, 7) is 1.29. The van der Waals surface area contributed by atoms with E-state index in [1.807, 2.05) is 0 Å². The molecule has 0 saturated carbocycles. The third-order valence-corrected chi connectivity index (χ3v) is 4.19. The Balaban J connectivity index is 1.96. The topological polar surface area (TPSA) is 75.4 Å². The van der Waals surface area contributed by atoms with Gasteiger partial charge >= 0.3 is 0 Å². The molecule has 0 aliphatic carbocycles. The molecule has 1 aromatic carbocycles. The number of amides is 2. The van der Waals surface area contributed by atoms with Gasteiger partial charge in [0, 0.05) is 32.1 Å². The number of carbonyl (C=O) groups excluding carboxylic acids is 2. The minimum absolute atomic E-state index is 0.0183. The summed E-state index contributed by atoms with van der Waals surface area (Å²) in [5.74, 6) is -2.15. The lowest BCUT2D eigenvalue weighted by atomic mass is 10.0. The minimum atomic E-state index is -0.954. The highest BCUT2D eigenvalue weighted by Gasteiger charge is 2.27. The molecule has 1 unspecified atom stereocenters. The van der Waals surface area contributed by atoms with Crippen LogP contribution in [0, 0.1) is 11.6 Å². The lowest BCUT2D eigenvalue weighted by Crippen LogP contribution is -2.50. The largest absolute Gasteiger partial charge is 0.354 e. The van der Waals surface area contributed by atoms with Crippen LogP contribution in [0.15, 0.2) is 18.2 Å². The van der Waals surface area contributed by atoms with Crippen LogP contribution in [-0.4, -0.2) is 42.4 Å². The van der Waals surface area contributed by atoms with Gasteiger partial charge in [-0.1, -0.05) is 6.07 Å². The molecule has 1 aromatic rings. The minimum Gasteiger partial charge on any atom is -0.354 e. The lowest BCUT2D eigenvalue weighted by Gasteiger charge is -2.36. The Labute approximate surface area is 140 Å². The molecule has 2 amide bonds. The number of nitrogens with zero attached hydrogens (tertiary/aromatic N) is 1. The van der Waals surface area contributed by atoms with Crippen molar-refractivity contribution in [2.75, 3.05) is 19.6 Å². The van der Waals surface area contributed by atoms with Gasteiger partial charge in [0.05, 0.1) is 6.42 Å². The molecule has 1 aliphatic rings. The van der Waals surface area contributed by atoms with E-state index >= 15 is 0 Å². The Kier molecular flexibility index (Phi) is 6.66. The van der Waals surface area contributed by atoms with E-state index in [1.165, 1.54) is 6.07 Å². The zero-order valence-corrected chi connectivity index (χ0v) is 13.6. The second kappa shape index (κ2) is 8.73. The van der Waals surface area contributed by atoms with Gasteiger partial charge in [-0.15, -0.1) is 0 Å². The summed E-state index contributed by atoms with van der Waals surface area (Å²) in [7, 11) is 0. The van der Waals surface area contributed by atoms with Crippen LogP contribution >= 0.6 is 0 Å². The molecule has 7 heteroatoms. The third kappa shape index (κ3) is 4.99. The molecule has 0 aromatic heterocycles. The Morgan fingerprint density at radius 1 is 1.25 bits per heavy atom. The van der Waals surface area contributed by atoms with Crippen molar-refractivity contribution in [2.24, 2.45) is 5.73 Å². The number of hydrogen-bond acceptors (Lipinski definition) is 3. The normalized spacial score (nSPS) is 17.6. The van der Waals surface area contributed by atoms with Crippen molar-refractivity contribution in [3.63, 3.8) is 0 Å². The molecule has 0 bridgehead atoms.